The summed E-state index contributed by atoms with van der Waals surface area (Å²) >= 11 is 0. The van der Waals surface area contributed by atoms with Crippen LogP contribution in [0.25, 0.3) is 0 Å². The van der Waals surface area contributed by atoms with E-state index in [0.717, 1.165) is 44.4 Å². The zero-order valence-corrected chi connectivity index (χ0v) is 18.8. The molecule has 8 heteroatoms. The van der Waals surface area contributed by atoms with Gasteiger partial charge in [0.15, 0.2) is 5.96 Å². The van der Waals surface area contributed by atoms with Crippen LogP contribution < -0.4 is 10.6 Å². The van der Waals surface area contributed by atoms with E-state index >= 15 is 0 Å². The number of nitrogens with zero attached hydrogens (tertiary/aromatic N) is 3. The first-order valence-electron chi connectivity index (χ1n) is 9.69. The van der Waals surface area contributed by atoms with E-state index in [1.807, 2.05) is 14.0 Å². The van der Waals surface area contributed by atoms with Crippen LogP contribution in [0, 0.1) is 5.92 Å². The maximum Gasteiger partial charge on any atom is 0.409 e. The van der Waals surface area contributed by atoms with Crippen molar-refractivity contribution in [1.82, 2.24) is 20.4 Å². The lowest BCUT2D eigenvalue weighted by molar-refractivity contribution is 0.0963. The Morgan fingerprint density at radius 3 is 2.38 bits per heavy atom. The molecule has 7 nitrogen and oxygen atoms in total. The molecule has 2 rings (SSSR count). The van der Waals surface area contributed by atoms with Crippen molar-refractivity contribution < 1.29 is 9.53 Å². The molecule has 2 heterocycles. The van der Waals surface area contributed by atoms with E-state index in [0.29, 0.717) is 12.6 Å². The number of ether oxygens (including phenoxy) is 1. The van der Waals surface area contributed by atoms with Gasteiger partial charge in [0.25, 0.3) is 0 Å². The lowest BCUT2D eigenvalue weighted by atomic mass is 9.94. The van der Waals surface area contributed by atoms with Gasteiger partial charge in [-0.2, -0.15) is 0 Å². The molecule has 1 amide bonds. The molecule has 0 aromatic heterocycles. The molecule has 2 fully saturated rings. The summed E-state index contributed by atoms with van der Waals surface area (Å²) in [5.41, 5.74) is 0. The largest absolute Gasteiger partial charge is 0.450 e. The molecule has 0 radical (unpaired) electrons. The van der Waals surface area contributed by atoms with Crippen LogP contribution in [0.3, 0.4) is 0 Å². The second-order valence-electron chi connectivity index (χ2n) is 7.14. The fourth-order valence-electron chi connectivity index (χ4n) is 3.55. The van der Waals surface area contributed by atoms with Gasteiger partial charge in [0.2, 0.25) is 0 Å². The first-order chi connectivity index (χ1) is 12.1. The average molecular weight is 481 g/mol. The number of hydrogen-bond donors (Lipinski definition) is 2. The minimum absolute atomic E-state index is 0. The summed E-state index contributed by atoms with van der Waals surface area (Å²) in [7, 11) is 4.02. The third kappa shape index (κ3) is 7.85. The number of rotatable bonds is 5. The summed E-state index contributed by atoms with van der Waals surface area (Å²) in [4.78, 5) is 20.3. The van der Waals surface area contributed by atoms with Crippen molar-refractivity contribution in [2.45, 2.75) is 45.1 Å². The van der Waals surface area contributed by atoms with Gasteiger partial charge < -0.3 is 25.2 Å². The Labute approximate surface area is 175 Å². The Balaban J connectivity index is 0.00000338. The van der Waals surface area contributed by atoms with Crippen molar-refractivity contribution in [1.29, 1.82) is 0 Å². The Hall–Kier alpha value is -0.770. The Kier molecular flexibility index (Phi) is 11.3. The molecule has 2 saturated heterocycles. The molecule has 26 heavy (non-hydrogen) atoms. The van der Waals surface area contributed by atoms with Gasteiger partial charge in [0.1, 0.15) is 0 Å². The Morgan fingerprint density at radius 1 is 1.15 bits per heavy atom. The molecule has 0 unspecified atom stereocenters. The highest BCUT2D eigenvalue weighted by atomic mass is 127. The summed E-state index contributed by atoms with van der Waals surface area (Å²) in [6, 6.07) is 0.361. The van der Waals surface area contributed by atoms with E-state index in [1.54, 1.807) is 4.90 Å². The molecule has 0 saturated carbocycles. The highest BCUT2D eigenvalue weighted by molar-refractivity contribution is 14.0. The van der Waals surface area contributed by atoms with E-state index in [2.05, 4.69) is 27.6 Å². The number of nitrogens with one attached hydrogen (secondary N) is 2. The first kappa shape index (κ1) is 23.3. The summed E-state index contributed by atoms with van der Waals surface area (Å²) < 4.78 is 5.06. The number of hydrogen-bond acceptors (Lipinski definition) is 4. The summed E-state index contributed by atoms with van der Waals surface area (Å²) in [6.07, 6.45) is 5.47. The molecule has 0 spiro atoms. The second-order valence-corrected chi connectivity index (χ2v) is 7.14. The lowest BCUT2D eigenvalue weighted by Crippen LogP contribution is -2.50. The minimum atomic E-state index is -0.193. The molecule has 0 aromatic carbocycles. The van der Waals surface area contributed by atoms with Crippen LogP contribution >= 0.6 is 24.0 Å². The topological polar surface area (TPSA) is 69.2 Å². The summed E-state index contributed by atoms with van der Waals surface area (Å²) in [5, 5.41) is 6.94. The Morgan fingerprint density at radius 2 is 1.81 bits per heavy atom. The SMILES string of the molecule is CCOC(=O)N1CCC(NC(=NC)NCCC2CCN(C)CC2)CC1.I. The van der Waals surface area contributed by atoms with Gasteiger partial charge in [-0.05, 0) is 65.1 Å². The molecular weight excluding hydrogens is 445 g/mol. The second kappa shape index (κ2) is 12.6. The van der Waals surface area contributed by atoms with Gasteiger partial charge in [-0.3, -0.25) is 4.99 Å². The van der Waals surface area contributed by atoms with Gasteiger partial charge in [0.05, 0.1) is 6.61 Å². The zero-order valence-electron chi connectivity index (χ0n) is 16.5. The standard InChI is InChI=1S/C18H35N5O2.HI/c1-4-25-18(24)23-13-8-16(9-14-23)21-17(19-2)20-10-5-15-6-11-22(3)12-7-15;/h15-16H,4-14H2,1-3H3,(H2,19,20,21);1H. The smallest absolute Gasteiger partial charge is 0.409 e. The maximum atomic E-state index is 11.7. The predicted molar refractivity (Wildman–Crippen MR) is 116 cm³/mol. The van der Waals surface area contributed by atoms with Crippen LogP contribution in [0.2, 0.25) is 0 Å². The number of guanidine groups is 1. The van der Waals surface area contributed by atoms with Gasteiger partial charge in [-0.25, -0.2) is 4.79 Å². The molecule has 2 aliphatic rings. The average Bonchev–Trinajstić information content (AvgIpc) is 2.63. The van der Waals surface area contributed by atoms with Crippen molar-refractivity contribution in [2.75, 3.05) is 53.4 Å². The maximum absolute atomic E-state index is 11.7. The van der Waals surface area contributed by atoms with Gasteiger partial charge in [-0.1, -0.05) is 0 Å². The first-order valence-corrected chi connectivity index (χ1v) is 9.69. The minimum Gasteiger partial charge on any atom is -0.450 e. The zero-order chi connectivity index (χ0) is 18.1. The number of piperidine rings is 2. The van der Waals surface area contributed by atoms with E-state index in [9.17, 15) is 4.79 Å². The molecule has 152 valence electrons. The normalized spacial score (nSPS) is 20.4. The lowest BCUT2D eigenvalue weighted by Gasteiger charge is -2.32. The number of likely N-dealkylation sites (tertiary alicyclic amines) is 2. The quantitative estimate of drug-likeness (QED) is 0.358. The van der Waals surface area contributed by atoms with Crippen molar-refractivity contribution in [3.05, 3.63) is 0 Å². The fourth-order valence-corrected chi connectivity index (χ4v) is 3.55. The van der Waals surface area contributed by atoms with E-state index in [1.165, 1.54) is 32.4 Å². The third-order valence-corrected chi connectivity index (χ3v) is 5.27. The van der Waals surface area contributed by atoms with Crippen LogP contribution in [0.5, 0.6) is 0 Å². The van der Waals surface area contributed by atoms with Crippen LogP contribution in [0.4, 0.5) is 4.79 Å². The number of amides is 1. The summed E-state index contributed by atoms with van der Waals surface area (Å²) in [6.45, 7) is 7.16. The van der Waals surface area contributed by atoms with Crippen LogP contribution in [0.1, 0.15) is 39.0 Å². The third-order valence-electron chi connectivity index (χ3n) is 5.27. The van der Waals surface area contributed by atoms with Crippen molar-refractivity contribution in [2.24, 2.45) is 10.9 Å². The molecular formula is C18H36IN5O2. The highest BCUT2D eigenvalue weighted by Crippen LogP contribution is 2.18. The van der Waals surface area contributed by atoms with Crippen LogP contribution in [-0.2, 0) is 4.74 Å². The van der Waals surface area contributed by atoms with Crippen molar-refractivity contribution in [3.8, 4) is 0 Å². The van der Waals surface area contributed by atoms with E-state index in [-0.39, 0.29) is 30.1 Å². The van der Waals surface area contributed by atoms with E-state index in [4.69, 9.17) is 4.74 Å². The fraction of sp³-hybridized carbons (Fsp3) is 0.889. The molecule has 0 aliphatic carbocycles. The predicted octanol–water partition coefficient (Wildman–Crippen LogP) is 2.12. The summed E-state index contributed by atoms with van der Waals surface area (Å²) in [5.74, 6) is 1.71. The molecule has 2 N–H and O–H groups in total. The molecule has 0 aromatic rings. The van der Waals surface area contributed by atoms with Crippen LogP contribution in [-0.4, -0.2) is 81.3 Å². The van der Waals surface area contributed by atoms with Crippen molar-refractivity contribution in [3.63, 3.8) is 0 Å². The van der Waals surface area contributed by atoms with E-state index < -0.39 is 0 Å². The van der Waals surface area contributed by atoms with Gasteiger partial charge in [0, 0.05) is 32.7 Å². The van der Waals surface area contributed by atoms with Crippen LogP contribution in [0.15, 0.2) is 4.99 Å². The number of carbonyl (C=O) groups excluding carboxylic acids is 1. The number of halogens is 1. The van der Waals surface area contributed by atoms with Gasteiger partial charge in [-0.15, -0.1) is 24.0 Å². The molecule has 0 atom stereocenters. The monoisotopic (exact) mass is 481 g/mol. The highest BCUT2D eigenvalue weighted by Gasteiger charge is 2.24. The van der Waals surface area contributed by atoms with Crippen molar-refractivity contribution >= 4 is 36.0 Å². The Bertz CT molecular complexity index is 433. The molecule has 2 aliphatic heterocycles. The number of aliphatic imine (C=N–C) groups is 1. The molecule has 0 bridgehead atoms. The van der Waals surface area contributed by atoms with Gasteiger partial charge >= 0.3 is 6.09 Å². The number of carbonyl (C=O) groups is 1.